The number of aryl methyl sites for hydroxylation is 4. The molecule has 2 rings (SSSR count). The van der Waals surface area contributed by atoms with Crippen molar-refractivity contribution in [2.24, 2.45) is 0 Å². The molecule has 19 heavy (non-hydrogen) atoms. The molecular formula is C14H22N4S. The molecule has 4 nitrogen and oxygen atoms in total. The van der Waals surface area contributed by atoms with Crippen LogP contribution in [0.5, 0.6) is 0 Å². The number of nitrogens with one attached hydrogen (secondary N) is 2. The van der Waals surface area contributed by atoms with Crippen molar-refractivity contribution in [3.8, 4) is 0 Å². The van der Waals surface area contributed by atoms with Gasteiger partial charge >= 0.3 is 0 Å². The van der Waals surface area contributed by atoms with Gasteiger partial charge in [-0.3, -0.25) is 5.10 Å². The lowest BCUT2D eigenvalue weighted by atomic mass is 10.1. The molecule has 0 aliphatic rings. The highest BCUT2D eigenvalue weighted by atomic mass is 32.1. The van der Waals surface area contributed by atoms with Crippen LogP contribution in [0.4, 0.5) is 0 Å². The van der Waals surface area contributed by atoms with Crippen molar-refractivity contribution in [2.75, 3.05) is 6.54 Å². The second-order valence-corrected chi connectivity index (χ2v) is 6.22. The number of H-pyrrole nitrogens is 1. The molecule has 0 aliphatic carbocycles. The van der Waals surface area contributed by atoms with Crippen molar-refractivity contribution >= 4 is 11.3 Å². The fraction of sp³-hybridized carbons (Fsp3) is 0.571. The Hall–Kier alpha value is -1.20. The summed E-state index contributed by atoms with van der Waals surface area (Å²) >= 11 is 1.79. The highest BCUT2D eigenvalue weighted by Crippen LogP contribution is 2.24. The highest BCUT2D eigenvalue weighted by molar-refractivity contribution is 7.11. The van der Waals surface area contributed by atoms with Crippen LogP contribution in [-0.4, -0.2) is 21.7 Å². The van der Waals surface area contributed by atoms with Gasteiger partial charge in [0.25, 0.3) is 0 Å². The minimum atomic E-state index is 0.386. The first-order valence-electron chi connectivity index (χ1n) is 6.74. The maximum atomic E-state index is 4.48. The Morgan fingerprint density at radius 1 is 1.37 bits per heavy atom. The molecular weight excluding hydrogens is 256 g/mol. The van der Waals surface area contributed by atoms with E-state index in [4.69, 9.17) is 0 Å². The Kier molecular flexibility index (Phi) is 4.71. The molecule has 1 unspecified atom stereocenters. The van der Waals surface area contributed by atoms with E-state index in [0.717, 1.165) is 30.1 Å². The molecule has 0 aliphatic heterocycles. The van der Waals surface area contributed by atoms with Crippen LogP contribution in [0.15, 0.2) is 6.20 Å². The van der Waals surface area contributed by atoms with Crippen LogP contribution >= 0.6 is 11.3 Å². The molecule has 0 saturated heterocycles. The summed E-state index contributed by atoms with van der Waals surface area (Å²) in [6.45, 7) is 9.45. The predicted molar refractivity (Wildman–Crippen MR) is 79.7 cm³/mol. The van der Waals surface area contributed by atoms with Gasteiger partial charge in [-0.05, 0) is 52.6 Å². The van der Waals surface area contributed by atoms with Crippen LogP contribution in [-0.2, 0) is 6.42 Å². The van der Waals surface area contributed by atoms with Gasteiger partial charge in [-0.25, -0.2) is 4.98 Å². The molecule has 1 atom stereocenters. The maximum absolute atomic E-state index is 4.48. The monoisotopic (exact) mass is 278 g/mol. The lowest BCUT2D eigenvalue weighted by Crippen LogP contribution is -2.20. The zero-order valence-electron chi connectivity index (χ0n) is 12.1. The third-order valence-corrected chi connectivity index (χ3v) is 4.60. The lowest BCUT2D eigenvalue weighted by Gasteiger charge is -2.12. The van der Waals surface area contributed by atoms with Gasteiger partial charge in [0.15, 0.2) is 0 Å². The smallest absolute Gasteiger partial charge is 0.0900 e. The van der Waals surface area contributed by atoms with Crippen LogP contribution < -0.4 is 5.32 Å². The zero-order valence-corrected chi connectivity index (χ0v) is 12.9. The van der Waals surface area contributed by atoms with E-state index in [2.05, 4.69) is 48.2 Å². The maximum Gasteiger partial charge on any atom is 0.0900 e. The highest BCUT2D eigenvalue weighted by Gasteiger charge is 2.12. The summed E-state index contributed by atoms with van der Waals surface area (Å²) in [6, 6.07) is 0.386. The number of hydrogen-bond acceptors (Lipinski definition) is 4. The summed E-state index contributed by atoms with van der Waals surface area (Å²) < 4.78 is 0. The summed E-state index contributed by atoms with van der Waals surface area (Å²) in [5.41, 5.74) is 3.66. The standard InChI is InChI=1S/C14H22N4S/c1-9-13(8-16-18-9)6-5-7-15-10(2)14-11(3)17-12(4)19-14/h8,10,15H,5-7H2,1-4H3,(H,16,18). The van der Waals surface area contributed by atoms with Crippen molar-refractivity contribution in [1.82, 2.24) is 20.5 Å². The molecule has 0 fully saturated rings. The van der Waals surface area contributed by atoms with Gasteiger partial charge in [-0.15, -0.1) is 11.3 Å². The summed E-state index contributed by atoms with van der Waals surface area (Å²) in [7, 11) is 0. The normalized spacial score (nSPS) is 12.8. The summed E-state index contributed by atoms with van der Waals surface area (Å²) in [5.74, 6) is 0. The van der Waals surface area contributed by atoms with E-state index in [-0.39, 0.29) is 0 Å². The average Bonchev–Trinajstić information content (AvgIpc) is 2.91. The minimum Gasteiger partial charge on any atom is -0.309 e. The molecule has 0 saturated carbocycles. The minimum absolute atomic E-state index is 0.386. The number of hydrogen-bond donors (Lipinski definition) is 2. The van der Waals surface area contributed by atoms with E-state index in [1.165, 1.54) is 16.1 Å². The van der Waals surface area contributed by atoms with Crippen LogP contribution in [0, 0.1) is 20.8 Å². The molecule has 2 aromatic heterocycles. The van der Waals surface area contributed by atoms with Crippen molar-refractivity contribution in [1.29, 1.82) is 0 Å². The van der Waals surface area contributed by atoms with E-state index >= 15 is 0 Å². The van der Waals surface area contributed by atoms with E-state index in [1.54, 1.807) is 11.3 Å². The molecule has 5 heteroatoms. The predicted octanol–water partition coefficient (Wildman–Crippen LogP) is 3.07. The molecule has 104 valence electrons. The average molecular weight is 278 g/mol. The van der Waals surface area contributed by atoms with E-state index < -0.39 is 0 Å². The van der Waals surface area contributed by atoms with Crippen molar-refractivity contribution in [3.05, 3.63) is 33.0 Å². The topological polar surface area (TPSA) is 53.6 Å². The van der Waals surface area contributed by atoms with Gasteiger partial charge in [0.2, 0.25) is 0 Å². The number of aromatic nitrogens is 3. The number of aromatic amines is 1. The van der Waals surface area contributed by atoms with Gasteiger partial charge in [0.05, 0.1) is 16.9 Å². The fourth-order valence-corrected chi connectivity index (χ4v) is 3.22. The van der Waals surface area contributed by atoms with Crippen molar-refractivity contribution in [2.45, 2.75) is 46.6 Å². The molecule has 2 N–H and O–H groups in total. The first-order valence-corrected chi connectivity index (χ1v) is 7.55. The van der Waals surface area contributed by atoms with E-state index in [1.807, 2.05) is 6.20 Å². The Morgan fingerprint density at radius 2 is 2.16 bits per heavy atom. The summed E-state index contributed by atoms with van der Waals surface area (Å²) in [6.07, 6.45) is 4.12. The molecule has 0 spiro atoms. The molecule has 0 aromatic carbocycles. The molecule has 2 aromatic rings. The molecule has 0 amide bonds. The number of thiazole rings is 1. The van der Waals surface area contributed by atoms with Gasteiger partial charge in [0, 0.05) is 16.6 Å². The summed E-state index contributed by atoms with van der Waals surface area (Å²) in [4.78, 5) is 5.84. The third-order valence-electron chi connectivity index (χ3n) is 3.34. The second-order valence-electron chi connectivity index (χ2n) is 4.98. The number of rotatable bonds is 6. The van der Waals surface area contributed by atoms with Gasteiger partial charge in [0.1, 0.15) is 0 Å². The molecule has 0 bridgehead atoms. The van der Waals surface area contributed by atoms with E-state index in [9.17, 15) is 0 Å². The van der Waals surface area contributed by atoms with Crippen LogP contribution in [0.1, 0.15) is 46.2 Å². The largest absolute Gasteiger partial charge is 0.309 e. The summed E-state index contributed by atoms with van der Waals surface area (Å²) in [5, 5.41) is 11.7. The first-order chi connectivity index (χ1) is 9.08. The SMILES string of the molecule is Cc1nc(C)c(C(C)NCCCc2cn[nH]c2C)s1. The quantitative estimate of drug-likeness (QED) is 0.798. The molecule has 0 radical (unpaired) electrons. The van der Waals surface area contributed by atoms with E-state index in [0.29, 0.717) is 6.04 Å². The first kappa shape index (κ1) is 14.2. The Bertz CT molecular complexity index is 529. The Labute approximate surface area is 118 Å². The number of nitrogens with zero attached hydrogens (tertiary/aromatic N) is 2. The van der Waals surface area contributed by atoms with Crippen LogP contribution in [0.2, 0.25) is 0 Å². The van der Waals surface area contributed by atoms with Gasteiger partial charge < -0.3 is 5.32 Å². The van der Waals surface area contributed by atoms with Gasteiger partial charge in [-0.2, -0.15) is 5.10 Å². The second kappa shape index (κ2) is 6.30. The molecule has 2 heterocycles. The van der Waals surface area contributed by atoms with Crippen LogP contribution in [0.25, 0.3) is 0 Å². The van der Waals surface area contributed by atoms with Crippen LogP contribution in [0.3, 0.4) is 0 Å². The Morgan fingerprint density at radius 3 is 2.74 bits per heavy atom. The van der Waals surface area contributed by atoms with Crippen molar-refractivity contribution < 1.29 is 0 Å². The lowest BCUT2D eigenvalue weighted by molar-refractivity contribution is 0.562. The Balaban J connectivity index is 1.77. The zero-order chi connectivity index (χ0) is 13.8. The van der Waals surface area contributed by atoms with Crippen molar-refractivity contribution in [3.63, 3.8) is 0 Å². The third kappa shape index (κ3) is 3.64. The fourth-order valence-electron chi connectivity index (χ4n) is 2.27. The van der Waals surface area contributed by atoms with Gasteiger partial charge in [-0.1, -0.05) is 0 Å².